The Labute approximate surface area is 134 Å². The first-order valence-corrected chi connectivity index (χ1v) is 6.72. The van der Waals surface area contributed by atoms with Gasteiger partial charge in [-0.3, -0.25) is 4.79 Å². The predicted molar refractivity (Wildman–Crippen MR) is 76.5 cm³/mol. The molecule has 0 bridgehead atoms. The fourth-order valence-corrected chi connectivity index (χ4v) is 1.79. The molecule has 2 rings (SSSR count). The molecule has 0 N–H and O–H groups in total. The van der Waals surface area contributed by atoms with E-state index in [2.05, 4.69) is 4.98 Å². The van der Waals surface area contributed by atoms with Gasteiger partial charge in [0.1, 0.15) is 16.5 Å². The van der Waals surface area contributed by atoms with Gasteiger partial charge in [-0.15, -0.1) is 0 Å². The fraction of sp³-hybridized carbons (Fsp3) is 0.200. The van der Waals surface area contributed by atoms with Gasteiger partial charge in [-0.2, -0.15) is 13.2 Å². The SMILES string of the molecule is CC([C]=O)Oc1ccc(Oc2ncc(C(F)(F)F)cc2Cl)cc1. The molecule has 0 saturated heterocycles. The van der Waals surface area contributed by atoms with Crippen LogP contribution >= 0.6 is 11.6 Å². The van der Waals surface area contributed by atoms with Gasteiger partial charge in [-0.1, -0.05) is 11.6 Å². The lowest BCUT2D eigenvalue weighted by Gasteiger charge is -2.11. The van der Waals surface area contributed by atoms with E-state index in [0.717, 1.165) is 6.07 Å². The van der Waals surface area contributed by atoms with Gasteiger partial charge in [0, 0.05) is 6.20 Å². The van der Waals surface area contributed by atoms with Crippen molar-refractivity contribution in [2.45, 2.75) is 19.2 Å². The molecule has 0 saturated carbocycles. The maximum Gasteiger partial charge on any atom is 0.417 e. The lowest BCUT2D eigenvalue weighted by Crippen LogP contribution is -2.12. The minimum Gasteiger partial charge on any atom is -0.482 e. The molecule has 8 heteroatoms. The Bertz CT molecular complexity index is 689. The normalized spacial score (nSPS) is 12.6. The number of alkyl halides is 3. The molecular weight excluding hydrogens is 335 g/mol. The summed E-state index contributed by atoms with van der Waals surface area (Å²) in [5.74, 6) is 0.567. The van der Waals surface area contributed by atoms with E-state index in [4.69, 9.17) is 21.1 Å². The van der Waals surface area contributed by atoms with Crippen molar-refractivity contribution in [2.24, 2.45) is 0 Å². The molecule has 121 valence electrons. The Hall–Kier alpha value is -2.28. The summed E-state index contributed by atoms with van der Waals surface area (Å²) in [6.07, 6.45) is -2.93. The van der Waals surface area contributed by atoms with Crippen LogP contribution in [0.2, 0.25) is 5.02 Å². The van der Waals surface area contributed by atoms with E-state index >= 15 is 0 Å². The molecule has 2 aromatic rings. The molecule has 0 aliphatic heterocycles. The number of carbonyl (C=O) groups excluding carboxylic acids is 1. The summed E-state index contributed by atoms with van der Waals surface area (Å²) in [5, 5.41) is -0.260. The average Bonchev–Trinajstić information content (AvgIpc) is 2.50. The molecule has 0 aliphatic rings. The molecule has 1 atom stereocenters. The van der Waals surface area contributed by atoms with Crippen LogP contribution in [0.3, 0.4) is 0 Å². The zero-order chi connectivity index (χ0) is 17.0. The lowest BCUT2D eigenvalue weighted by molar-refractivity contribution is -0.137. The maximum atomic E-state index is 12.5. The highest BCUT2D eigenvalue weighted by Crippen LogP contribution is 2.34. The molecule has 0 spiro atoms. The number of hydrogen-bond donors (Lipinski definition) is 0. The number of rotatable bonds is 5. The Balaban J connectivity index is 2.12. The van der Waals surface area contributed by atoms with Crippen molar-refractivity contribution in [1.82, 2.24) is 4.98 Å². The van der Waals surface area contributed by atoms with E-state index in [-0.39, 0.29) is 10.9 Å². The van der Waals surface area contributed by atoms with Crippen LogP contribution in [0.1, 0.15) is 12.5 Å². The minimum atomic E-state index is -4.53. The summed E-state index contributed by atoms with van der Waals surface area (Å²) >= 11 is 5.75. The highest BCUT2D eigenvalue weighted by atomic mass is 35.5. The lowest BCUT2D eigenvalue weighted by atomic mass is 10.3. The van der Waals surface area contributed by atoms with E-state index in [1.807, 2.05) is 0 Å². The number of aromatic nitrogens is 1. The Morgan fingerprint density at radius 2 is 1.83 bits per heavy atom. The number of ether oxygens (including phenoxy) is 2. The largest absolute Gasteiger partial charge is 0.482 e. The molecular formula is C15H10ClF3NO3. The number of nitrogens with zero attached hydrogens (tertiary/aromatic N) is 1. The van der Waals surface area contributed by atoms with Crippen LogP contribution < -0.4 is 9.47 Å². The van der Waals surface area contributed by atoms with Gasteiger partial charge in [0.2, 0.25) is 12.2 Å². The second kappa shape index (κ2) is 6.87. The molecule has 4 nitrogen and oxygen atoms in total. The molecule has 0 amide bonds. The number of benzene rings is 1. The van der Waals surface area contributed by atoms with Crippen molar-refractivity contribution < 1.29 is 27.4 Å². The average molecular weight is 345 g/mol. The van der Waals surface area contributed by atoms with E-state index < -0.39 is 17.8 Å². The van der Waals surface area contributed by atoms with Crippen LogP contribution in [0, 0.1) is 0 Å². The standard InChI is InChI=1S/C15H10ClF3NO3/c1-9(8-21)22-11-2-4-12(5-3-11)23-14-13(16)6-10(7-20-14)15(17,18)19/h2-7,9H,1H3. The van der Waals surface area contributed by atoms with Crippen LogP contribution in [0.15, 0.2) is 36.5 Å². The highest BCUT2D eigenvalue weighted by Gasteiger charge is 2.31. The van der Waals surface area contributed by atoms with Gasteiger partial charge >= 0.3 is 6.18 Å². The molecule has 1 heterocycles. The van der Waals surface area contributed by atoms with Crippen LogP contribution in [-0.4, -0.2) is 17.4 Å². The van der Waals surface area contributed by atoms with E-state index in [9.17, 15) is 18.0 Å². The fourth-order valence-electron chi connectivity index (χ4n) is 1.58. The van der Waals surface area contributed by atoms with E-state index in [0.29, 0.717) is 17.7 Å². The maximum absolute atomic E-state index is 12.5. The van der Waals surface area contributed by atoms with E-state index in [1.54, 1.807) is 6.29 Å². The van der Waals surface area contributed by atoms with Crippen molar-refractivity contribution in [3.8, 4) is 17.4 Å². The van der Waals surface area contributed by atoms with E-state index in [1.165, 1.54) is 31.2 Å². The third kappa shape index (κ3) is 4.59. The molecule has 0 fully saturated rings. The third-order valence-corrected chi connectivity index (χ3v) is 2.92. The van der Waals surface area contributed by atoms with Crippen molar-refractivity contribution in [3.05, 3.63) is 47.1 Å². The molecule has 1 aromatic heterocycles. The zero-order valence-electron chi connectivity index (χ0n) is 11.7. The van der Waals surface area contributed by atoms with Crippen LogP contribution in [0.25, 0.3) is 0 Å². The summed E-state index contributed by atoms with van der Waals surface area (Å²) < 4.78 is 48.1. The topological polar surface area (TPSA) is 48.4 Å². The predicted octanol–water partition coefficient (Wildman–Crippen LogP) is 4.42. The zero-order valence-corrected chi connectivity index (χ0v) is 12.5. The van der Waals surface area contributed by atoms with Gasteiger partial charge < -0.3 is 9.47 Å². The number of hydrogen-bond acceptors (Lipinski definition) is 4. The Kier molecular flexibility index (Phi) is 5.10. The summed E-state index contributed by atoms with van der Waals surface area (Å²) in [6, 6.07) is 6.80. The van der Waals surface area contributed by atoms with Crippen LogP contribution in [0.5, 0.6) is 17.4 Å². The Morgan fingerprint density at radius 3 is 2.35 bits per heavy atom. The summed E-state index contributed by atoms with van der Waals surface area (Å²) in [5.41, 5.74) is -0.960. The second-order valence-corrected chi connectivity index (χ2v) is 4.87. The third-order valence-electron chi connectivity index (χ3n) is 2.65. The summed E-state index contributed by atoms with van der Waals surface area (Å²) in [6.45, 7) is 1.53. The number of pyridine rings is 1. The van der Waals surface area contributed by atoms with Crippen LogP contribution in [-0.2, 0) is 11.0 Å². The first-order valence-electron chi connectivity index (χ1n) is 6.34. The van der Waals surface area contributed by atoms with Gasteiger partial charge in [-0.05, 0) is 37.3 Å². The summed E-state index contributed by atoms with van der Waals surface area (Å²) in [4.78, 5) is 13.9. The number of halogens is 4. The van der Waals surface area contributed by atoms with Gasteiger partial charge in [0.15, 0.2) is 6.10 Å². The Morgan fingerprint density at radius 1 is 1.22 bits per heavy atom. The van der Waals surface area contributed by atoms with Crippen LogP contribution in [0.4, 0.5) is 13.2 Å². The van der Waals surface area contributed by atoms with Crippen molar-refractivity contribution in [2.75, 3.05) is 0 Å². The summed E-state index contributed by atoms with van der Waals surface area (Å²) in [7, 11) is 0. The molecule has 0 aliphatic carbocycles. The molecule has 23 heavy (non-hydrogen) atoms. The van der Waals surface area contributed by atoms with Crippen molar-refractivity contribution in [3.63, 3.8) is 0 Å². The second-order valence-electron chi connectivity index (χ2n) is 4.46. The molecule has 1 unspecified atom stereocenters. The quantitative estimate of drug-likeness (QED) is 0.805. The molecule has 1 aromatic carbocycles. The molecule has 1 radical (unpaired) electrons. The van der Waals surface area contributed by atoms with Gasteiger partial charge in [0.05, 0.1) is 5.56 Å². The van der Waals surface area contributed by atoms with Crippen molar-refractivity contribution in [1.29, 1.82) is 0 Å². The minimum absolute atomic E-state index is 0.150. The van der Waals surface area contributed by atoms with Crippen molar-refractivity contribution >= 4 is 17.9 Å². The first kappa shape index (κ1) is 17.1. The van der Waals surface area contributed by atoms with Gasteiger partial charge in [0.25, 0.3) is 0 Å². The highest BCUT2D eigenvalue weighted by molar-refractivity contribution is 6.31. The first-order chi connectivity index (χ1) is 10.8. The monoisotopic (exact) mass is 344 g/mol. The smallest absolute Gasteiger partial charge is 0.417 e. The van der Waals surface area contributed by atoms with Gasteiger partial charge in [-0.25, -0.2) is 4.98 Å².